The van der Waals surface area contributed by atoms with Crippen LogP contribution in [0, 0.1) is 5.92 Å². The Morgan fingerprint density at radius 3 is 2.76 bits per heavy atom. The van der Waals surface area contributed by atoms with Gasteiger partial charge in [-0.3, -0.25) is 4.99 Å². The summed E-state index contributed by atoms with van der Waals surface area (Å²) in [6, 6.07) is 7.94. The lowest BCUT2D eigenvalue weighted by Crippen LogP contribution is -2.30. The van der Waals surface area contributed by atoms with Crippen molar-refractivity contribution >= 4 is 5.96 Å². The number of rotatable bonds is 5. The van der Waals surface area contributed by atoms with Gasteiger partial charge in [-0.25, -0.2) is 0 Å². The SMILES string of the molecule is CN=C(N)NCc1ccccc1OCC(C)C. The lowest BCUT2D eigenvalue weighted by molar-refractivity contribution is 0.268. The van der Waals surface area contributed by atoms with Gasteiger partial charge in [-0.05, 0) is 12.0 Å². The van der Waals surface area contributed by atoms with Crippen LogP contribution in [0.25, 0.3) is 0 Å². The van der Waals surface area contributed by atoms with Crippen molar-refractivity contribution in [3.05, 3.63) is 29.8 Å². The smallest absolute Gasteiger partial charge is 0.188 e. The predicted octanol–water partition coefficient (Wildman–Crippen LogP) is 1.76. The second-order valence-corrected chi connectivity index (χ2v) is 4.27. The Morgan fingerprint density at radius 1 is 1.41 bits per heavy atom. The Labute approximate surface area is 103 Å². The van der Waals surface area contributed by atoms with Crippen molar-refractivity contribution in [1.82, 2.24) is 5.32 Å². The number of nitrogens with one attached hydrogen (secondary N) is 1. The highest BCUT2D eigenvalue weighted by molar-refractivity contribution is 5.77. The van der Waals surface area contributed by atoms with Gasteiger partial charge in [0.1, 0.15) is 5.75 Å². The zero-order valence-electron chi connectivity index (χ0n) is 10.7. The van der Waals surface area contributed by atoms with Crippen LogP contribution in [0.1, 0.15) is 19.4 Å². The van der Waals surface area contributed by atoms with Crippen molar-refractivity contribution in [1.29, 1.82) is 0 Å². The highest BCUT2D eigenvalue weighted by Gasteiger charge is 2.04. The maximum absolute atomic E-state index is 5.74. The summed E-state index contributed by atoms with van der Waals surface area (Å²) in [5.41, 5.74) is 6.67. The molecule has 0 aliphatic heterocycles. The first-order chi connectivity index (χ1) is 8.13. The molecule has 94 valence electrons. The number of ether oxygens (including phenoxy) is 1. The van der Waals surface area contributed by atoms with Crippen molar-refractivity contribution in [2.24, 2.45) is 16.6 Å². The molecule has 0 aliphatic carbocycles. The van der Waals surface area contributed by atoms with E-state index in [0.717, 1.165) is 11.3 Å². The first-order valence-corrected chi connectivity index (χ1v) is 5.80. The summed E-state index contributed by atoms with van der Waals surface area (Å²) < 4.78 is 5.74. The van der Waals surface area contributed by atoms with Crippen LogP contribution in [0.3, 0.4) is 0 Å². The number of para-hydroxylation sites is 1. The maximum atomic E-state index is 5.74. The van der Waals surface area contributed by atoms with E-state index in [-0.39, 0.29) is 0 Å². The third-order valence-corrected chi connectivity index (χ3v) is 2.25. The van der Waals surface area contributed by atoms with E-state index in [1.54, 1.807) is 7.05 Å². The monoisotopic (exact) mass is 235 g/mol. The molecule has 0 spiro atoms. The Balaban J connectivity index is 2.64. The minimum Gasteiger partial charge on any atom is -0.493 e. The van der Waals surface area contributed by atoms with Crippen molar-refractivity contribution in [2.45, 2.75) is 20.4 Å². The maximum Gasteiger partial charge on any atom is 0.188 e. The van der Waals surface area contributed by atoms with Crippen molar-refractivity contribution in [3.8, 4) is 5.75 Å². The van der Waals surface area contributed by atoms with Gasteiger partial charge in [-0.1, -0.05) is 32.0 Å². The van der Waals surface area contributed by atoms with E-state index in [4.69, 9.17) is 10.5 Å². The van der Waals surface area contributed by atoms with E-state index < -0.39 is 0 Å². The van der Waals surface area contributed by atoms with E-state index >= 15 is 0 Å². The number of benzene rings is 1. The molecule has 0 saturated heterocycles. The molecular formula is C13H21N3O. The number of aliphatic imine (C=N–C) groups is 1. The molecule has 0 bridgehead atoms. The van der Waals surface area contributed by atoms with Crippen LogP contribution in [0.2, 0.25) is 0 Å². The highest BCUT2D eigenvalue weighted by Crippen LogP contribution is 2.18. The molecule has 4 nitrogen and oxygen atoms in total. The Hall–Kier alpha value is -1.71. The highest BCUT2D eigenvalue weighted by atomic mass is 16.5. The Morgan fingerprint density at radius 2 is 2.12 bits per heavy atom. The first kappa shape index (κ1) is 13.4. The predicted molar refractivity (Wildman–Crippen MR) is 71.2 cm³/mol. The van der Waals surface area contributed by atoms with Crippen LogP contribution >= 0.6 is 0 Å². The summed E-state index contributed by atoms with van der Waals surface area (Å²) in [5, 5.41) is 3.02. The molecule has 0 heterocycles. The van der Waals surface area contributed by atoms with Crippen LogP contribution in [0.4, 0.5) is 0 Å². The molecule has 0 saturated carbocycles. The first-order valence-electron chi connectivity index (χ1n) is 5.80. The fourth-order valence-corrected chi connectivity index (χ4v) is 1.31. The van der Waals surface area contributed by atoms with Gasteiger partial charge in [0.2, 0.25) is 0 Å². The van der Waals surface area contributed by atoms with Crippen LogP contribution in [0.5, 0.6) is 5.75 Å². The number of hydrogen-bond acceptors (Lipinski definition) is 2. The quantitative estimate of drug-likeness (QED) is 0.604. The zero-order valence-corrected chi connectivity index (χ0v) is 10.7. The number of hydrogen-bond donors (Lipinski definition) is 2. The average molecular weight is 235 g/mol. The minimum atomic E-state index is 0.434. The Kier molecular flexibility index (Phi) is 5.33. The molecular weight excluding hydrogens is 214 g/mol. The van der Waals surface area contributed by atoms with E-state index in [1.165, 1.54) is 0 Å². The standard InChI is InChI=1S/C13H21N3O/c1-10(2)9-17-12-7-5-4-6-11(12)8-16-13(14)15-3/h4-7,10H,8-9H2,1-3H3,(H3,14,15,16). The second kappa shape index (κ2) is 6.78. The molecule has 0 fully saturated rings. The molecule has 4 heteroatoms. The molecule has 0 radical (unpaired) electrons. The molecule has 1 aromatic rings. The van der Waals surface area contributed by atoms with Crippen molar-refractivity contribution in [3.63, 3.8) is 0 Å². The van der Waals surface area contributed by atoms with Crippen LogP contribution in [-0.4, -0.2) is 19.6 Å². The molecule has 0 atom stereocenters. The molecule has 0 amide bonds. The summed E-state index contributed by atoms with van der Waals surface area (Å²) in [5.74, 6) is 1.85. The van der Waals surface area contributed by atoms with Gasteiger partial charge in [0.05, 0.1) is 6.61 Å². The largest absolute Gasteiger partial charge is 0.493 e. The number of nitrogens with zero attached hydrogens (tertiary/aromatic N) is 1. The Bertz CT molecular complexity index is 375. The number of guanidine groups is 1. The van der Waals surface area contributed by atoms with E-state index in [9.17, 15) is 0 Å². The van der Waals surface area contributed by atoms with Crippen molar-refractivity contribution < 1.29 is 4.74 Å². The van der Waals surface area contributed by atoms with E-state index in [1.807, 2.05) is 24.3 Å². The van der Waals surface area contributed by atoms with Gasteiger partial charge in [-0.15, -0.1) is 0 Å². The van der Waals surface area contributed by atoms with E-state index in [2.05, 4.69) is 24.2 Å². The van der Waals surface area contributed by atoms with Gasteiger partial charge in [0.15, 0.2) is 5.96 Å². The van der Waals surface area contributed by atoms with Crippen LogP contribution < -0.4 is 15.8 Å². The minimum absolute atomic E-state index is 0.434. The molecule has 1 rings (SSSR count). The molecule has 17 heavy (non-hydrogen) atoms. The summed E-state index contributed by atoms with van der Waals surface area (Å²) in [6.07, 6.45) is 0. The normalized spacial score (nSPS) is 11.6. The average Bonchev–Trinajstić information content (AvgIpc) is 2.34. The fourth-order valence-electron chi connectivity index (χ4n) is 1.31. The molecule has 0 aliphatic rings. The third kappa shape index (κ3) is 4.76. The fraction of sp³-hybridized carbons (Fsp3) is 0.462. The van der Waals surface area contributed by atoms with Crippen LogP contribution in [0.15, 0.2) is 29.3 Å². The molecule has 1 aromatic carbocycles. The molecule has 3 N–H and O–H groups in total. The second-order valence-electron chi connectivity index (χ2n) is 4.27. The lowest BCUT2D eigenvalue weighted by Gasteiger charge is -2.13. The van der Waals surface area contributed by atoms with Gasteiger partial charge in [0.25, 0.3) is 0 Å². The summed E-state index contributed by atoms with van der Waals surface area (Å²) in [4.78, 5) is 3.85. The van der Waals surface area contributed by atoms with Gasteiger partial charge >= 0.3 is 0 Å². The van der Waals surface area contributed by atoms with Gasteiger partial charge < -0.3 is 15.8 Å². The summed E-state index contributed by atoms with van der Waals surface area (Å²) in [6.45, 7) is 5.59. The third-order valence-electron chi connectivity index (χ3n) is 2.25. The summed E-state index contributed by atoms with van der Waals surface area (Å²) in [7, 11) is 1.66. The molecule has 0 aromatic heterocycles. The summed E-state index contributed by atoms with van der Waals surface area (Å²) >= 11 is 0. The van der Waals surface area contributed by atoms with Gasteiger partial charge in [0, 0.05) is 19.2 Å². The zero-order chi connectivity index (χ0) is 12.7. The van der Waals surface area contributed by atoms with Gasteiger partial charge in [-0.2, -0.15) is 0 Å². The molecule has 0 unspecified atom stereocenters. The lowest BCUT2D eigenvalue weighted by atomic mass is 10.2. The number of nitrogens with two attached hydrogens (primary N) is 1. The van der Waals surface area contributed by atoms with Crippen molar-refractivity contribution in [2.75, 3.05) is 13.7 Å². The topological polar surface area (TPSA) is 59.6 Å². The van der Waals surface area contributed by atoms with Crippen LogP contribution in [-0.2, 0) is 6.54 Å². The van der Waals surface area contributed by atoms with E-state index in [0.29, 0.717) is 25.0 Å².